The number of nitrogens with zero attached hydrogens (tertiary/aromatic N) is 1. The van der Waals surface area contributed by atoms with E-state index in [1.165, 1.54) is 17.0 Å². The van der Waals surface area contributed by atoms with E-state index < -0.39 is 5.82 Å². The molecule has 0 bridgehead atoms. The van der Waals surface area contributed by atoms with Crippen molar-refractivity contribution in [3.63, 3.8) is 0 Å². The van der Waals surface area contributed by atoms with Crippen LogP contribution in [0.15, 0.2) is 35.7 Å². The van der Waals surface area contributed by atoms with Gasteiger partial charge < -0.3 is 10.2 Å². The van der Waals surface area contributed by atoms with Gasteiger partial charge in [-0.15, -0.1) is 11.3 Å². The van der Waals surface area contributed by atoms with Crippen LogP contribution in [0.5, 0.6) is 0 Å². The number of halogens is 2. The molecule has 2 rings (SSSR count). The summed E-state index contributed by atoms with van der Waals surface area (Å²) in [6.45, 7) is 0.471. The number of hydrogen-bond acceptors (Lipinski definition) is 3. The Morgan fingerprint density at radius 1 is 1.36 bits per heavy atom. The molecule has 0 fully saturated rings. The van der Waals surface area contributed by atoms with Crippen molar-refractivity contribution in [3.05, 3.63) is 57.0 Å². The molecule has 1 atom stereocenters. The van der Waals surface area contributed by atoms with Gasteiger partial charge in [-0.25, -0.2) is 4.39 Å². The maximum atomic E-state index is 13.7. The minimum absolute atomic E-state index is 0.0594. The lowest BCUT2D eigenvalue weighted by atomic mass is 10.1. The Labute approximate surface area is 138 Å². The molecule has 6 heteroatoms. The average molecular weight is 341 g/mol. The van der Waals surface area contributed by atoms with E-state index in [2.05, 4.69) is 5.32 Å². The van der Waals surface area contributed by atoms with E-state index in [0.29, 0.717) is 6.54 Å². The number of amides is 1. The number of thiophene rings is 1. The second-order valence-corrected chi connectivity index (χ2v) is 6.56. The van der Waals surface area contributed by atoms with Crippen LogP contribution >= 0.6 is 22.9 Å². The van der Waals surface area contributed by atoms with Gasteiger partial charge in [0.2, 0.25) is 5.91 Å². The highest BCUT2D eigenvalue weighted by Gasteiger charge is 2.17. The normalized spacial score (nSPS) is 12.4. The molecule has 118 valence electrons. The Morgan fingerprint density at radius 2 is 2.14 bits per heavy atom. The largest absolute Gasteiger partial charge is 0.354 e. The first-order chi connectivity index (χ1) is 10.5. The van der Waals surface area contributed by atoms with Gasteiger partial charge in [0.25, 0.3) is 0 Å². The molecule has 1 aromatic carbocycles. The third kappa shape index (κ3) is 4.29. The number of nitrogens with one attached hydrogen (secondary N) is 1. The maximum Gasteiger partial charge on any atom is 0.224 e. The molecular weight excluding hydrogens is 323 g/mol. The molecule has 0 aliphatic carbocycles. The van der Waals surface area contributed by atoms with Gasteiger partial charge in [0.05, 0.1) is 12.5 Å². The van der Waals surface area contributed by atoms with Gasteiger partial charge in [-0.2, -0.15) is 0 Å². The monoisotopic (exact) mass is 340 g/mol. The van der Waals surface area contributed by atoms with Gasteiger partial charge in [-0.3, -0.25) is 4.79 Å². The molecule has 3 nitrogen and oxygen atoms in total. The Hall–Kier alpha value is -1.43. The molecule has 1 amide bonds. The van der Waals surface area contributed by atoms with Gasteiger partial charge in [0, 0.05) is 22.0 Å². The molecule has 0 saturated heterocycles. The summed E-state index contributed by atoms with van der Waals surface area (Å²) in [7, 11) is 3.93. The number of rotatable bonds is 6. The molecule has 22 heavy (non-hydrogen) atoms. The van der Waals surface area contributed by atoms with Crippen molar-refractivity contribution in [2.75, 3.05) is 20.6 Å². The van der Waals surface area contributed by atoms with E-state index in [4.69, 9.17) is 11.6 Å². The van der Waals surface area contributed by atoms with Crippen LogP contribution in [-0.2, 0) is 11.2 Å². The first kappa shape index (κ1) is 16.9. The van der Waals surface area contributed by atoms with Crippen molar-refractivity contribution in [2.24, 2.45) is 0 Å². The van der Waals surface area contributed by atoms with Gasteiger partial charge in [0.15, 0.2) is 0 Å². The van der Waals surface area contributed by atoms with Crippen molar-refractivity contribution < 1.29 is 9.18 Å². The summed E-state index contributed by atoms with van der Waals surface area (Å²) in [6.07, 6.45) is -0.0594. The van der Waals surface area contributed by atoms with Crippen LogP contribution in [0.25, 0.3) is 0 Å². The lowest BCUT2D eigenvalue weighted by Gasteiger charge is -2.23. The quantitative estimate of drug-likeness (QED) is 0.872. The van der Waals surface area contributed by atoms with E-state index in [9.17, 15) is 9.18 Å². The Balaban J connectivity index is 1.97. The Morgan fingerprint density at radius 3 is 2.73 bits per heavy atom. The van der Waals surface area contributed by atoms with Crippen LogP contribution in [0.3, 0.4) is 0 Å². The smallest absolute Gasteiger partial charge is 0.224 e. The van der Waals surface area contributed by atoms with E-state index >= 15 is 0 Å². The molecule has 0 radical (unpaired) electrons. The molecule has 0 aliphatic rings. The van der Waals surface area contributed by atoms with Gasteiger partial charge in [-0.1, -0.05) is 23.7 Å². The zero-order chi connectivity index (χ0) is 16.1. The zero-order valence-corrected chi connectivity index (χ0v) is 14.0. The minimum Gasteiger partial charge on any atom is -0.354 e. The molecule has 1 heterocycles. The van der Waals surface area contributed by atoms with E-state index in [-0.39, 0.29) is 29.0 Å². The standard InChI is InChI=1S/C16H18ClFN2OS/c1-20(2)14(15-7-4-8-22-15)10-19-16(21)9-11-12(17)5-3-6-13(11)18/h3-8,14H,9-10H2,1-2H3,(H,19,21). The van der Waals surface area contributed by atoms with Crippen molar-refractivity contribution in [1.29, 1.82) is 0 Å². The van der Waals surface area contributed by atoms with Crippen LogP contribution in [0, 0.1) is 5.82 Å². The molecule has 1 unspecified atom stereocenters. The number of benzene rings is 1. The summed E-state index contributed by atoms with van der Waals surface area (Å²) < 4.78 is 13.7. The highest BCUT2D eigenvalue weighted by atomic mass is 35.5. The van der Waals surface area contributed by atoms with Crippen LogP contribution in [0.1, 0.15) is 16.5 Å². The number of hydrogen-bond donors (Lipinski definition) is 1. The third-order valence-electron chi connectivity index (χ3n) is 3.39. The molecule has 1 aromatic heterocycles. The fourth-order valence-corrected chi connectivity index (χ4v) is 3.31. The zero-order valence-electron chi connectivity index (χ0n) is 12.5. The Bertz CT molecular complexity index is 611. The number of likely N-dealkylation sites (N-methyl/N-ethyl adjacent to an activating group) is 1. The predicted octanol–water partition coefficient (Wildman–Crippen LogP) is 3.50. The second kappa shape index (κ2) is 7.72. The first-order valence-electron chi connectivity index (χ1n) is 6.88. The van der Waals surface area contributed by atoms with Crippen LogP contribution in [0.4, 0.5) is 4.39 Å². The van der Waals surface area contributed by atoms with Crippen molar-refractivity contribution in [1.82, 2.24) is 10.2 Å². The summed E-state index contributed by atoms with van der Waals surface area (Å²) in [5.41, 5.74) is 0.235. The van der Waals surface area contributed by atoms with Gasteiger partial charge >= 0.3 is 0 Å². The lowest BCUT2D eigenvalue weighted by Crippen LogP contribution is -2.35. The highest BCUT2D eigenvalue weighted by Crippen LogP contribution is 2.23. The first-order valence-corrected chi connectivity index (χ1v) is 8.14. The topological polar surface area (TPSA) is 32.3 Å². The molecular formula is C16H18ClFN2OS. The van der Waals surface area contributed by atoms with Crippen LogP contribution in [-0.4, -0.2) is 31.4 Å². The van der Waals surface area contributed by atoms with Gasteiger partial charge in [-0.05, 0) is 37.7 Å². The van der Waals surface area contributed by atoms with Crippen LogP contribution < -0.4 is 5.32 Å². The Kier molecular flexibility index (Phi) is 5.94. The van der Waals surface area contributed by atoms with Crippen molar-refractivity contribution in [3.8, 4) is 0 Å². The lowest BCUT2D eigenvalue weighted by molar-refractivity contribution is -0.120. The highest BCUT2D eigenvalue weighted by molar-refractivity contribution is 7.10. The summed E-state index contributed by atoms with van der Waals surface area (Å²) in [4.78, 5) is 15.3. The number of carbonyl (C=O) groups excluding carboxylic acids is 1. The fraction of sp³-hybridized carbons (Fsp3) is 0.312. The summed E-state index contributed by atoms with van der Waals surface area (Å²) in [5.74, 6) is -0.694. The minimum atomic E-state index is -0.454. The maximum absolute atomic E-state index is 13.7. The SMILES string of the molecule is CN(C)C(CNC(=O)Cc1c(F)cccc1Cl)c1cccs1. The number of carbonyl (C=O) groups is 1. The fourth-order valence-electron chi connectivity index (χ4n) is 2.15. The second-order valence-electron chi connectivity index (χ2n) is 5.18. The van der Waals surface area contributed by atoms with Crippen molar-refractivity contribution in [2.45, 2.75) is 12.5 Å². The van der Waals surface area contributed by atoms with E-state index in [1.54, 1.807) is 17.4 Å². The summed E-state index contributed by atoms with van der Waals surface area (Å²) in [6, 6.07) is 8.54. The van der Waals surface area contributed by atoms with Gasteiger partial charge in [0.1, 0.15) is 5.82 Å². The molecule has 0 saturated carbocycles. The molecule has 1 N–H and O–H groups in total. The molecule has 0 aliphatic heterocycles. The third-order valence-corrected chi connectivity index (χ3v) is 4.71. The summed E-state index contributed by atoms with van der Waals surface area (Å²) in [5, 5.41) is 5.14. The molecule has 2 aromatic rings. The molecule has 0 spiro atoms. The van der Waals surface area contributed by atoms with Crippen LogP contribution in [0.2, 0.25) is 5.02 Å². The van der Waals surface area contributed by atoms with Crippen molar-refractivity contribution >= 4 is 28.8 Å². The average Bonchev–Trinajstić information content (AvgIpc) is 2.97. The summed E-state index contributed by atoms with van der Waals surface area (Å²) >= 11 is 7.59. The van der Waals surface area contributed by atoms with E-state index in [1.807, 2.05) is 36.5 Å². The van der Waals surface area contributed by atoms with E-state index in [0.717, 1.165) is 0 Å². The predicted molar refractivity (Wildman–Crippen MR) is 88.9 cm³/mol.